The van der Waals surface area contributed by atoms with Crippen LogP contribution in [0.15, 0.2) is 121 Å². The van der Waals surface area contributed by atoms with E-state index in [1.54, 1.807) is 14.2 Å². The molecule has 8 nitrogen and oxygen atoms in total. The topological polar surface area (TPSA) is 83.1 Å². The highest BCUT2D eigenvalue weighted by Gasteiger charge is 2.16. The van der Waals surface area contributed by atoms with Gasteiger partial charge in [0.25, 0.3) is 0 Å². The van der Waals surface area contributed by atoms with E-state index in [1.807, 2.05) is 97.1 Å². The number of nitrogens with one attached hydrogen (secondary N) is 2. The average Bonchev–Trinajstić information content (AvgIpc) is 3.04. The Morgan fingerprint density at radius 3 is 0.905 bits per heavy atom. The van der Waals surface area contributed by atoms with Gasteiger partial charge in [0.15, 0.2) is 0 Å². The van der Waals surface area contributed by atoms with Crippen LogP contribution in [-0.4, -0.2) is 27.0 Å². The largest absolute Gasteiger partial charge is 0.497 e. The monoisotopic (exact) mass is 558 g/mol. The Bertz CT molecular complexity index is 1480. The van der Waals surface area contributed by atoms with E-state index in [2.05, 4.69) is 44.7 Å². The molecular formula is C34H30N4O4. The number of carbonyl (C=O) groups excluding carboxylic acids is 2. The molecule has 0 saturated carbocycles. The lowest BCUT2D eigenvalue weighted by Gasteiger charge is -2.28. The summed E-state index contributed by atoms with van der Waals surface area (Å²) in [5.74, 6) is 1.54. The van der Waals surface area contributed by atoms with Crippen molar-refractivity contribution in [2.75, 3.05) is 34.7 Å². The number of hydrogen-bond donors (Lipinski definition) is 2. The number of hydrogen-bond acceptors (Lipinski definition) is 6. The number of benzene rings is 5. The van der Waals surface area contributed by atoms with Gasteiger partial charge < -0.3 is 29.9 Å². The summed E-state index contributed by atoms with van der Waals surface area (Å²) in [6.07, 6.45) is 1.33. The third-order valence-electron chi connectivity index (χ3n) is 6.73. The highest BCUT2D eigenvalue weighted by molar-refractivity contribution is 5.83. The Balaban J connectivity index is 1.55. The van der Waals surface area contributed by atoms with Crippen LogP contribution in [0.5, 0.6) is 11.5 Å². The van der Waals surface area contributed by atoms with Crippen LogP contribution < -0.4 is 29.9 Å². The summed E-state index contributed by atoms with van der Waals surface area (Å²) in [4.78, 5) is 26.1. The SMILES string of the molecule is COc1ccc(N(c2ccc(NC=O)cc2)c2ccc(N(c3ccc(NC=O)cc3)c3ccc(OC)cc3)cc2)cc1. The van der Waals surface area contributed by atoms with E-state index in [0.29, 0.717) is 24.2 Å². The average molecular weight is 559 g/mol. The van der Waals surface area contributed by atoms with Crippen LogP contribution >= 0.6 is 0 Å². The van der Waals surface area contributed by atoms with E-state index in [4.69, 9.17) is 9.47 Å². The van der Waals surface area contributed by atoms with Crippen LogP contribution in [0.2, 0.25) is 0 Å². The van der Waals surface area contributed by atoms with Crippen LogP contribution in [0.25, 0.3) is 0 Å². The highest BCUT2D eigenvalue weighted by Crippen LogP contribution is 2.40. The number of amides is 2. The standard InChI is InChI=1S/C34H30N4O4/c1-41-33-19-15-31(16-20-33)37(27-7-3-25(4-8-27)35-23-39)29-11-13-30(14-12-29)38(32-17-21-34(42-2)22-18-32)28-9-5-26(6-10-28)36-24-40/h3-24H,1-2H3,(H,35,39)(H,36,40). The second-order valence-corrected chi connectivity index (χ2v) is 9.20. The Morgan fingerprint density at radius 1 is 0.429 bits per heavy atom. The molecule has 0 radical (unpaired) electrons. The van der Waals surface area contributed by atoms with Crippen LogP contribution in [0, 0.1) is 0 Å². The summed E-state index contributed by atoms with van der Waals surface area (Å²) in [5.41, 5.74) is 7.06. The number of ether oxygens (including phenoxy) is 2. The van der Waals surface area contributed by atoms with Gasteiger partial charge in [0.1, 0.15) is 11.5 Å². The molecule has 0 atom stereocenters. The third kappa shape index (κ3) is 6.18. The maximum atomic E-state index is 10.9. The Kier molecular flexibility index (Phi) is 8.64. The smallest absolute Gasteiger partial charge is 0.211 e. The lowest BCUT2D eigenvalue weighted by molar-refractivity contribution is -0.106. The van der Waals surface area contributed by atoms with Gasteiger partial charge in [-0.05, 0) is 121 Å². The molecule has 0 saturated heterocycles. The van der Waals surface area contributed by atoms with E-state index in [1.165, 1.54) is 0 Å². The van der Waals surface area contributed by atoms with E-state index in [9.17, 15) is 9.59 Å². The molecule has 0 unspecified atom stereocenters. The molecular weight excluding hydrogens is 528 g/mol. The zero-order valence-corrected chi connectivity index (χ0v) is 23.2. The first-order chi connectivity index (χ1) is 20.6. The molecule has 5 aromatic carbocycles. The summed E-state index contributed by atoms with van der Waals surface area (Å²) in [6, 6.07) is 39.3. The van der Waals surface area contributed by atoms with Crippen molar-refractivity contribution < 1.29 is 19.1 Å². The van der Waals surface area contributed by atoms with Gasteiger partial charge in [-0.2, -0.15) is 0 Å². The number of carbonyl (C=O) groups is 2. The first-order valence-corrected chi connectivity index (χ1v) is 13.2. The maximum absolute atomic E-state index is 10.9. The molecule has 0 aliphatic carbocycles. The van der Waals surface area contributed by atoms with Gasteiger partial charge >= 0.3 is 0 Å². The summed E-state index contributed by atoms with van der Waals surface area (Å²) in [6.45, 7) is 0. The molecule has 42 heavy (non-hydrogen) atoms. The zero-order valence-electron chi connectivity index (χ0n) is 23.2. The van der Waals surface area contributed by atoms with E-state index >= 15 is 0 Å². The minimum Gasteiger partial charge on any atom is -0.497 e. The minimum atomic E-state index is 0.663. The Hall–Kier alpha value is -5.76. The molecule has 2 amide bonds. The molecule has 0 aromatic heterocycles. The van der Waals surface area contributed by atoms with Gasteiger partial charge in [0.2, 0.25) is 12.8 Å². The van der Waals surface area contributed by atoms with Gasteiger partial charge in [-0.1, -0.05) is 0 Å². The van der Waals surface area contributed by atoms with Crippen molar-refractivity contribution in [3.63, 3.8) is 0 Å². The number of methoxy groups -OCH3 is 2. The summed E-state index contributed by atoms with van der Waals surface area (Å²) < 4.78 is 10.7. The van der Waals surface area contributed by atoms with Crippen molar-refractivity contribution in [1.29, 1.82) is 0 Å². The summed E-state index contributed by atoms with van der Waals surface area (Å²) in [7, 11) is 3.29. The highest BCUT2D eigenvalue weighted by atomic mass is 16.5. The number of anilines is 8. The normalized spacial score (nSPS) is 10.3. The van der Waals surface area contributed by atoms with Crippen molar-refractivity contribution in [2.24, 2.45) is 0 Å². The fraction of sp³-hybridized carbons (Fsp3) is 0.0588. The molecule has 210 valence electrons. The Morgan fingerprint density at radius 2 is 0.667 bits per heavy atom. The Labute approximate surface area is 244 Å². The molecule has 0 aliphatic rings. The van der Waals surface area contributed by atoms with Crippen LogP contribution in [-0.2, 0) is 9.59 Å². The van der Waals surface area contributed by atoms with E-state index < -0.39 is 0 Å². The zero-order chi connectivity index (χ0) is 29.3. The van der Waals surface area contributed by atoms with Crippen molar-refractivity contribution in [1.82, 2.24) is 0 Å². The fourth-order valence-corrected chi connectivity index (χ4v) is 4.66. The van der Waals surface area contributed by atoms with Crippen molar-refractivity contribution in [3.05, 3.63) is 121 Å². The first-order valence-electron chi connectivity index (χ1n) is 13.2. The summed E-state index contributed by atoms with van der Waals surface area (Å²) in [5, 5.41) is 5.37. The molecule has 0 spiro atoms. The van der Waals surface area contributed by atoms with Crippen molar-refractivity contribution in [2.45, 2.75) is 0 Å². The molecule has 5 rings (SSSR count). The molecule has 5 aromatic rings. The van der Waals surface area contributed by atoms with Crippen molar-refractivity contribution >= 4 is 58.3 Å². The fourth-order valence-electron chi connectivity index (χ4n) is 4.66. The molecule has 8 heteroatoms. The van der Waals surface area contributed by atoms with Crippen molar-refractivity contribution in [3.8, 4) is 11.5 Å². The predicted octanol–water partition coefficient (Wildman–Crippen LogP) is 7.78. The van der Waals surface area contributed by atoms with Gasteiger partial charge in [-0.3, -0.25) is 9.59 Å². The molecule has 2 N–H and O–H groups in total. The minimum absolute atomic E-state index is 0.663. The van der Waals surface area contributed by atoms with Crippen LogP contribution in [0.4, 0.5) is 45.5 Å². The third-order valence-corrected chi connectivity index (χ3v) is 6.73. The van der Waals surface area contributed by atoms with Crippen LogP contribution in [0.3, 0.4) is 0 Å². The van der Waals surface area contributed by atoms with Gasteiger partial charge in [0, 0.05) is 45.5 Å². The van der Waals surface area contributed by atoms with E-state index in [-0.39, 0.29) is 0 Å². The lowest BCUT2D eigenvalue weighted by atomic mass is 10.1. The second-order valence-electron chi connectivity index (χ2n) is 9.20. The van der Waals surface area contributed by atoms with E-state index in [0.717, 1.165) is 45.6 Å². The second kappa shape index (κ2) is 13.1. The maximum Gasteiger partial charge on any atom is 0.211 e. The molecule has 0 heterocycles. The lowest BCUT2D eigenvalue weighted by Crippen LogP contribution is -2.12. The number of rotatable bonds is 12. The predicted molar refractivity (Wildman–Crippen MR) is 168 cm³/mol. The van der Waals surface area contributed by atoms with Gasteiger partial charge in [0.05, 0.1) is 14.2 Å². The summed E-state index contributed by atoms with van der Waals surface area (Å²) >= 11 is 0. The van der Waals surface area contributed by atoms with Gasteiger partial charge in [-0.25, -0.2) is 0 Å². The quantitative estimate of drug-likeness (QED) is 0.152. The molecule has 0 bridgehead atoms. The van der Waals surface area contributed by atoms with Crippen LogP contribution in [0.1, 0.15) is 0 Å². The molecule has 0 aliphatic heterocycles. The van der Waals surface area contributed by atoms with Gasteiger partial charge in [-0.15, -0.1) is 0 Å². The first kappa shape index (κ1) is 27.8. The number of nitrogens with zero attached hydrogens (tertiary/aromatic N) is 2. The molecule has 0 fully saturated rings.